The predicted molar refractivity (Wildman–Crippen MR) is 90.0 cm³/mol. The molecule has 0 aliphatic heterocycles. The molecule has 4 nitrogen and oxygen atoms in total. The second-order valence-electron chi connectivity index (χ2n) is 5.21. The molecule has 4 aromatic rings. The Morgan fingerprint density at radius 2 is 1.95 bits per heavy atom. The summed E-state index contributed by atoms with van der Waals surface area (Å²) in [5.74, 6) is 0.738. The summed E-state index contributed by atoms with van der Waals surface area (Å²) in [6, 6.07) is 13.9. The van der Waals surface area contributed by atoms with E-state index < -0.39 is 0 Å². The molecule has 0 aliphatic rings. The van der Waals surface area contributed by atoms with Crippen LogP contribution in [-0.2, 0) is 0 Å². The van der Waals surface area contributed by atoms with Crippen LogP contribution in [0.2, 0.25) is 5.02 Å². The quantitative estimate of drug-likeness (QED) is 0.589. The van der Waals surface area contributed by atoms with Gasteiger partial charge in [-0.15, -0.1) is 0 Å². The minimum Gasteiger partial charge on any atom is -0.337 e. The number of rotatable bonds is 2. The third kappa shape index (κ3) is 2.09. The van der Waals surface area contributed by atoms with Gasteiger partial charge in [-0.05, 0) is 36.8 Å². The number of benzene rings is 2. The van der Waals surface area contributed by atoms with E-state index in [9.17, 15) is 0 Å². The smallest absolute Gasteiger partial charge is 0.157 e. The van der Waals surface area contributed by atoms with Crippen LogP contribution in [0.25, 0.3) is 16.6 Å². The summed E-state index contributed by atoms with van der Waals surface area (Å²) in [5.41, 5.74) is 4.79. The molecule has 2 heterocycles. The Morgan fingerprint density at radius 3 is 2.82 bits per heavy atom. The maximum Gasteiger partial charge on any atom is 0.157 e. The van der Waals surface area contributed by atoms with E-state index in [4.69, 9.17) is 16.6 Å². The van der Waals surface area contributed by atoms with Crippen LogP contribution < -0.4 is 5.32 Å². The lowest BCUT2D eigenvalue weighted by molar-refractivity contribution is 1.19. The summed E-state index contributed by atoms with van der Waals surface area (Å²) >= 11 is 6.31. The highest BCUT2D eigenvalue weighted by Gasteiger charge is 2.10. The van der Waals surface area contributed by atoms with Crippen LogP contribution in [0.3, 0.4) is 0 Å². The van der Waals surface area contributed by atoms with Gasteiger partial charge in [0.15, 0.2) is 5.82 Å². The summed E-state index contributed by atoms with van der Waals surface area (Å²) in [4.78, 5) is 8.94. The number of hydrogen-bond acceptors (Lipinski definition) is 3. The molecule has 0 unspecified atom stereocenters. The van der Waals surface area contributed by atoms with Crippen molar-refractivity contribution < 1.29 is 0 Å². The van der Waals surface area contributed by atoms with Gasteiger partial charge in [0, 0.05) is 0 Å². The fraction of sp³-hybridized carbons (Fsp3) is 0.0588. The van der Waals surface area contributed by atoms with Gasteiger partial charge in [-0.3, -0.25) is 4.40 Å². The highest BCUT2D eigenvalue weighted by Crippen LogP contribution is 2.29. The molecule has 0 fully saturated rings. The first-order valence-electron chi connectivity index (χ1n) is 6.96. The monoisotopic (exact) mass is 308 g/mol. The first kappa shape index (κ1) is 13.1. The standard InChI is InChI=1S/C17H13ClN4/c1-11-6-7-13(12(18)8-11)20-17-16-9-19-10-22(16)15-5-3-2-4-14(15)21-17/h2-10H,1H3,(H,20,21). The average molecular weight is 309 g/mol. The fourth-order valence-electron chi connectivity index (χ4n) is 2.54. The lowest BCUT2D eigenvalue weighted by atomic mass is 10.2. The molecule has 0 saturated heterocycles. The number of fused-ring (bicyclic) bond motifs is 3. The number of halogens is 1. The number of anilines is 2. The van der Waals surface area contributed by atoms with Gasteiger partial charge in [0.2, 0.25) is 0 Å². The van der Waals surface area contributed by atoms with Gasteiger partial charge in [0.1, 0.15) is 5.52 Å². The van der Waals surface area contributed by atoms with Crippen molar-refractivity contribution in [2.75, 3.05) is 5.32 Å². The molecule has 2 aromatic carbocycles. The van der Waals surface area contributed by atoms with Crippen molar-refractivity contribution in [3.8, 4) is 0 Å². The van der Waals surface area contributed by atoms with Crippen molar-refractivity contribution in [2.45, 2.75) is 6.92 Å². The zero-order chi connectivity index (χ0) is 15.1. The molecule has 0 atom stereocenters. The molecule has 0 aliphatic carbocycles. The van der Waals surface area contributed by atoms with Crippen LogP contribution in [0.15, 0.2) is 55.0 Å². The van der Waals surface area contributed by atoms with Crippen molar-refractivity contribution in [3.05, 3.63) is 65.6 Å². The van der Waals surface area contributed by atoms with E-state index in [1.54, 1.807) is 12.5 Å². The van der Waals surface area contributed by atoms with Gasteiger partial charge in [-0.25, -0.2) is 9.97 Å². The minimum absolute atomic E-state index is 0.674. The Hall–Kier alpha value is -2.59. The Kier molecular flexibility index (Phi) is 2.98. The Bertz CT molecular complexity index is 990. The van der Waals surface area contributed by atoms with Gasteiger partial charge in [-0.2, -0.15) is 0 Å². The number of imidazole rings is 1. The van der Waals surface area contributed by atoms with Crippen molar-refractivity contribution in [3.63, 3.8) is 0 Å². The van der Waals surface area contributed by atoms with E-state index >= 15 is 0 Å². The lowest BCUT2D eigenvalue weighted by Crippen LogP contribution is -1.99. The molecule has 1 N–H and O–H groups in total. The molecule has 108 valence electrons. The third-order valence-corrected chi connectivity index (χ3v) is 3.95. The predicted octanol–water partition coefficient (Wildman–Crippen LogP) is 4.59. The largest absolute Gasteiger partial charge is 0.337 e. The van der Waals surface area contributed by atoms with Crippen LogP contribution in [0.5, 0.6) is 0 Å². The van der Waals surface area contributed by atoms with Crippen LogP contribution in [0.1, 0.15) is 5.56 Å². The van der Waals surface area contributed by atoms with E-state index in [1.165, 1.54) is 0 Å². The highest BCUT2D eigenvalue weighted by atomic mass is 35.5. The van der Waals surface area contributed by atoms with Crippen LogP contribution in [-0.4, -0.2) is 14.4 Å². The minimum atomic E-state index is 0.674. The lowest BCUT2D eigenvalue weighted by Gasteiger charge is -2.11. The molecule has 0 amide bonds. The number of aryl methyl sites for hydroxylation is 1. The van der Waals surface area contributed by atoms with Gasteiger partial charge in [0.05, 0.1) is 34.3 Å². The molecule has 2 aromatic heterocycles. The second-order valence-corrected chi connectivity index (χ2v) is 5.61. The summed E-state index contributed by atoms with van der Waals surface area (Å²) in [6.07, 6.45) is 3.59. The maximum absolute atomic E-state index is 6.31. The molecule has 0 radical (unpaired) electrons. The topological polar surface area (TPSA) is 42.2 Å². The van der Waals surface area contributed by atoms with E-state index in [0.29, 0.717) is 5.02 Å². The number of nitrogens with zero attached hydrogens (tertiary/aromatic N) is 3. The van der Waals surface area contributed by atoms with Crippen LogP contribution in [0.4, 0.5) is 11.5 Å². The van der Waals surface area contributed by atoms with Gasteiger partial charge >= 0.3 is 0 Å². The number of aromatic nitrogens is 3. The summed E-state index contributed by atoms with van der Waals surface area (Å²) < 4.78 is 2.02. The maximum atomic E-state index is 6.31. The van der Waals surface area contributed by atoms with E-state index in [-0.39, 0.29) is 0 Å². The summed E-state index contributed by atoms with van der Waals surface area (Å²) in [5, 5.41) is 3.99. The number of nitrogens with one attached hydrogen (secondary N) is 1. The third-order valence-electron chi connectivity index (χ3n) is 3.63. The average Bonchev–Trinajstić information content (AvgIpc) is 3.00. The molecule has 0 saturated carbocycles. The first-order chi connectivity index (χ1) is 10.7. The van der Waals surface area contributed by atoms with Crippen LogP contribution in [0, 0.1) is 6.92 Å². The molecule has 0 spiro atoms. The number of hydrogen-bond donors (Lipinski definition) is 1. The molecule has 0 bridgehead atoms. The molecule has 5 heteroatoms. The van der Waals surface area contributed by atoms with Crippen molar-refractivity contribution in [2.24, 2.45) is 0 Å². The Labute approximate surface area is 132 Å². The highest BCUT2D eigenvalue weighted by molar-refractivity contribution is 6.33. The van der Waals surface area contributed by atoms with Crippen molar-refractivity contribution >= 4 is 39.7 Å². The zero-order valence-corrected chi connectivity index (χ0v) is 12.7. The molecule has 4 rings (SSSR count). The summed E-state index contributed by atoms with van der Waals surface area (Å²) in [6.45, 7) is 2.01. The molecular formula is C17H13ClN4. The van der Waals surface area contributed by atoms with E-state index in [1.807, 2.05) is 53.8 Å². The molecule has 22 heavy (non-hydrogen) atoms. The second kappa shape index (κ2) is 5.00. The van der Waals surface area contributed by atoms with Gasteiger partial charge in [-0.1, -0.05) is 29.8 Å². The van der Waals surface area contributed by atoms with Crippen molar-refractivity contribution in [1.29, 1.82) is 0 Å². The number of para-hydroxylation sites is 2. The van der Waals surface area contributed by atoms with Gasteiger partial charge < -0.3 is 5.32 Å². The van der Waals surface area contributed by atoms with Gasteiger partial charge in [0.25, 0.3) is 0 Å². The van der Waals surface area contributed by atoms with E-state index in [0.717, 1.165) is 33.6 Å². The fourth-order valence-corrected chi connectivity index (χ4v) is 2.83. The van der Waals surface area contributed by atoms with Crippen molar-refractivity contribution in [1.82, 2.24) is 14.4 Å². The summed E-state index contributed by atoms with van der Waals surface area (Å²) in [7, 11) is 0. The first-order valence-corrected chi connectivity index (χ1v) is 7.34. The molecular weight excluding hydrogens is 296 g/mol. The van der Waals surface area contributed by atoms with E-state index in [2.05, 4.69) is 10.3 Å². The van der Waals surface area contributed by atoms with Crippen LogP contribution >= 0.6 is 11.6 Å². The Morgan fingerprint density at radius 1 is 1.09 bits per heavy atom. The SMILES string of the molecule is Cc1ccc(Nc2nc3ccccc3n3cncc23)c(Cl)c1. The Balaban J connectivity index is 1.91. The zero-order valence-electron chi connectivity index (χ0n) is 11.9. The normalized spacial score (nSPS) is 11.2.